The van der Waals surface area contributed by atoms with Crippen LogP contribution >= 0.6 is 0 Å². The van der Waals surface area contributed by atoms with Gasteiger partial charge in [0.1, 0.15) is 23.1 Å². The summed E-state index contributed by atoms with van der Waals surface area (Å²) in [6.45, 7) is 7.09. The second-order valence-electron chi connectivity index (χ2n) is 8.24. The van der Waals surface area contributed by atoms with Crippen LogP contribution in [0.25, 0.3) is 0 Å². The average molecular weight is 461 g/mol. The highest BCUT2D eigenvalue weighted by molar-refractivity contribution is 6.03. The number of aromatic nitrogens is 1. The number of nitrogens with zero attached hydrogens (tertiary/aromatic N) is 2. The monoisotopic (exact) mass is 460 g/mol. The molecule has 0 saturated heterocycles. The number of methoxy groups -OCH3 is 1. The van der Waals surface area contributed by atoms with Crippen LogP contribution in [0.2, 0.25) is 0 Å². The van der Waals surface area contributed by atoms with Gasteiger partial charge in [-0.25, -0.2) is 0 Å². The number of aromatic hydroxyl groups is 1. The summed E-state index contributed by atoms with van der Waals surface area (Å²) < 4.78 is 12.1. The van der Waals surface area contributed by atoms with Crippen LogP contribution in [-0.2, 0) is 13.0 Å². The summed E-state index contributed by atoms with van der Waals surface area (Å²) in [7, 11) is 1.57. The fourth-order valence-electron chi connectivity index (χ4n) is 3.73. The first-order valence-electron chi connectivity index (χ1n) is 11.0. The van der Waals surface area contributed by atoms with Gasteiger partial charge in [0, 0.05) is 6.54 Å². The molecule has 0 bridgehead atoms. The van der Waals surface area contributed by atoms with Gasteiger partial charge in [-0.05, 0) is 80.6 Å². The molecule has 1 heterocycles. The van der Waals surface area contributed by atoms with Crippen LogP contribution < -0.4 is 15.0 Å². The van der Waals surface area contributed by atoms with E-state index in [0.29, 0.717) is 17.9 Å². The average Bonchev–Trinajstić information content (AvgIpc) is 2.82. The highest BCUT2D eigenvalue weighted by Crippen LogP contribution is 2.26. The normalized spacial score (nSPS) is 11.5. The van der Waals surface area contributed by atoms with Gasteiger partial charge in [-0.3, -0.25) is 14.2 Å². The zero-order valence-electron chi connectivity index (χ0n) is 20.0. The van der Waals surface area contributed by atoms with E-state index in [9.17, 15) is 20.0 Å². The smallest absolute Gasteiger partial charge is 0.271 e. The number of benzene rings is 2. The van der Waals surface area contributed by atoms with E-state index in [-0.39, 0.29) is 23.2 Å². The van der Waals surface area contributed by atoms with Crippen molar-refractivity contribution in [1.29, 1.82) is 5.26 Å². The summed E-state index contributed by atoms with van der Waals surface area (Å²) in [5.74, 6) is 0.254. The minimum atomic E-state index is -0.939. The maximum atomic E-state index is 13.3. The van der Waals surface area contributed by atoms with Crippen molar-refractivity contribution in [3.05, 3.63) is 86.2 Å². The third-order valence-corrected chi connectivity index (χ3v) is 5.99. The van der Waals surface area contributed by atoms with Crippen molar-refractivity contribution in [2.24, 2.45) is 0 Å². The number of ether oxygens (including phenoxy) is 2. The van der Waals surface area contributed by atoms with Crippen LogP contribution in [0.3, 0.4) is 0 Å². The van der Waals surface area contributed by atoms with E-state index in [2.05, 4.69) is 0 Å². The molecule has 1 N–H and O–H groups in total. The molecule has 2 aromatic carbocycles. The molecule has 0 spiro atoms. The van der Waals surface area contributed by atoms with Crippen molar-refractivity contribution in [1.82, 2.24) is 4.57 Å². The molecule has 0 aliphatic rings. The number of carbonyl (C=O) groups is 1. The van der Waals surface area contributed by atoms with Gasteiger partial charge in [0.2, 0.25) is 11.7 Å². The molecule has 34 heavy (non-hydrogen) atoms. The Morgan fingerprint density at radius 1 is 1.09 bits per heavy atom. The van der Waals surface area contributed by atoms with E-state index in [4.69, 9.17) is 9.47 Å². The van der Waals surface area contributed by atoms with Crippen LogP contribution in [0.5, 0.6) is 17.4 Å². The van der Waals surface area contributed by atoms with Crippen molar-refractivity contribution in [3.8, 4) is 23.4 Å². The molecule has 1 aromatic heterocycles. The van der Waals surface area contributed by atoms with Gasteiger partial charge in [-0.2, -0.15) is 5.26 Å². The van der Waals surface area contributed by atoms with E-state index >= 15 is 0 Å². The highest BCUT2D eigenvalue weighted by Gasteiger charge is 2.28. The number of hydrogen-bond donors (Lipinski definition) is 1. The number of Topliss-reactive ketones (excluding diaryl/α,β-unsaturated/α-hetero) is 1. The van der Waals surface area contributed by atoms with Gasteiger partial charge < -0.3 is 14.6 Å². The maximum Gasteiger partial charge on any atom is 0.271 e. The Morgan fingerprint density at radius 2 is 1.74 bits per heavy atom. The van der Waals surface area contributed by atoms with Gasteiger partial charge in [0.05, 0.1) is 12.7 Å². The van der Waals surface area contributed by atoms with Crippen LogP contribution in [0.1, 0.15) is 45.1 Å². The predicted octanol–water partition coefficient (Wildman–Crippen LogP) is 4.25. The minimum absolute atomic E-state index is 0.0813. The van der Waals surface area contributed by atoms with Crippen molar-refractivity contribution in [2.45, 2.75) is 46.8 Å². The van der Waals surface area contributed by atoms with Crippen LogP contribution in [0.15, 0.2) is 47.3 Å². The topological polar surface area (TPSA) is 102 Å². The molecule has 176 valence electrons. The van der Waals surface area contributed by atoms with Gasteiger partial charge in [0.25, 0.3) is 5.56 Å². The maximum absolute atomic E-state index is 13.3. The highest BCUT2D eigenvalue weighted by atomic mass is 16.5. The Labute approximate surface area is 198 Å². The predicted molar refractivity (Wildman–Crippen MR) is 129 cm³/mol. The van der Waals surface area contributed by atoms with E-state index in [1.165, 1.54) is 6.92 Å². The molecule has 0 fully saturated rings. The number of hydrogen-bond acceptors (Lipinski definition) is 6. The van der Waals surface area contributed by atoms with E-state index in [1.54, 1.807) is 32.2 Å². The molecule has 1 atom stereocenters. The Kier molecular flexibility index (Phi) is 7.42. The minimum Gasteiger partial charge on any atom is -0.497 e. The fraction of sp³-hybridized carbons (Fsp3) is 0.296. The summed E-state index contributed by atoms with van der Waals surface area (Å²) in [4.78, 5) is 26.2. The molecule has 0 radical (unpaired) electrons. The van der Waals surface area contributed by atoms with E-state index < -0.39 is 23.3 Å². The molecule has 0 aliphatic carbocycles. The zero-order valence-corrected chi connectivity index (χ0v) is 20.0. The first-order chi connectivity index (χ1) is 16.2. The van der Waals surface area contributed by atoms with Crippen molar-refractivity contribution in [3.63, 3.8) is 0 Å². The molecule has 3 aromatic rings. The summed E-state index contributed by atoms with van der Waals surface area (Å²) in [6.07, 6.45) is -0.529. The summed E-state index contributed by atoms with van der Waals surface area (Å²) >= 11 is 0. The number of carbonyl (C=O) groups excluding carboxylic acids is 1. The molecule has 7 heteroatoms. The first kappa shape index (κ1) is 24.6. The largest absolute Gasteiger partial charge is 0.497 e. The van der Waals surface area contributed by atoms with Crippen molar-refractivity contribution in [2.75, 3.05) is 7.11 Å². The number of ketones is 1. The summed E-state index contributed by atoms with van der Waals surface area (Å²) in [5, 5.41) is 20.5. The first-order valence-corrected chi connectivity index (χ1v) is 11.0. The lowest BCUT2D eigenvalue weighted by Gasteiger charge is -2.19. The quantitative estimate of drug-likeness (QED) is 0.504. The van der Waals surface area contributed by atoms with Gasteiger partial charge in [-0.15, -0.1) is 0 Å². The fourth-order valence-corrected chi connectivity index (χ4v) is 3.73. The summed E-state index contributed by atoms with van der Waals surface area (Å²) in [6, 6.07) is 14.7. The molecular weight excluding hydrogens is 432 g/mol. The van der Waals surface area contributed by atoms with Crippen molar-refractivity contribution >= 4 is 5.78 Å². The molecule has 1 unspecified atom stereocenters. The lowest BCUT2D eigenvalue weighted by Crippen LogP contribution is -2.31. The van der Waals surface area contributed by atoms with Gasteiger partial charge >= 0.3 is 0 Å². The third-order valence-electron chi connectivity index (χ3n) is 5.99. The zero-order chi connectivity index (χ0) is 25.0. The van der Waals surface area contributed by atoms with Crippen LogP contribution in [0, 0.1) is 32.1 Å². The van der Waals surface area contributed by atoms with E-state index in [1.807, 2.05) is 44.2 Å². The number of aryl methyl sites for hydroxylation is 3. The number of nitriles is 1. The molecular formula is C27H28N2O5. The second kappa shape index (κ2) is 10.3. The molecule has 0 amide bonds. The second-order valence-corrected chi connectivity index (χ2v) is 8.24. The SMILES string of the molecule is COc1ccc(CCn2c(O)c(C(=O)C(C)Oc3ccc(C)c(C)c3)c(C)c(C#N)c2=O)cc1. The van der Waals surface area contributed by atoms with Crippen LogP contribution in [0.4, 0.5) is 0 Å². The molecule has 7 nitrogen and oxygen atoms in total. The lowest BCUT2D eigenvalue weighted by atomic mass is 9.99. The van der Waals surface area contributed by atoms with Gasteiger partial charge in [0.15, 0.2) is 6.10 Å². The lowest BCUT2D eigenvalue weighted by molar-refractivity contribution is 0.0812. The third kappa shape index (κ3) is 4.96. The Bertz CT molecular complexity index is 1320. The van der Waals surface area contributed by atoms with E-state index in [0.717, 1.165) is 21.3 Å². The molecule has 3 rings (SSSR count). The van der Waals surface area contributed by atoms with Gasteiger partial charge in [-0.1, -0.05) is 18.2 Å². The Hall–Kier alpha value is -4.05. The Balaban J connectivity index is 1.94. The summed E-state index contributed by atoms with van der Waals surface area (Å²) in [5.41, 5.74) is 2.29. The van der Waals surface area contributed by atoms with Crippen molar-refractivity contribution < 1.29 is 19.4 Å². The number of pyridine rings is 1. The standard InChI is InChI=1S/C27H28N2O5/c1-16-6-9-22(14-17(16)2)34-19(4)25(30)24-18(3)23(15-28)26(31)29(27(24)32)13-12-20-7-10-21(33-5)11-8-20/h6-11,14,19,32H,12-13H2,1-5H3. The van der Waals surface area contributed by atoms with Crippen LogP contribution in [-0.4, -0.2) is 28.7 Å². The molecule has 0 saturated carbocycles. The Morgan fingerprint density at radius 3 is 2.32 bits per heavy atom. The number of rotatable bonds is 8. The molecule has 0 aliphatic heterocycles.